The van der Waals surface area contributed by atoms with E-state index in [1.165, 1.54) is 7.11 Å². The van der Waals surface area contributed by atoms with E-state index in [2.05, 4.69) is 14.6 Å². The number of rotatable bonds is 8. The van der Waals surface area contributed by atoms with Crippen molar-refractivity contribution in [1.29, 1.82) is 0 Å². The van der Waals surface area contributed by atoms with Crippen LogP contribution in [0, 0.1) is 6.92 Å². The fourth-order valence-corrected chi connectivity index (χ4v) is 4.95. The zero-order valence-corrected chi connectivity index (χ0v) is 21.3. The molecule has 0 bridgehead atoms. The minimum atomic E-state index is -1.48. The maximum absolute atomic E-state index is 13.0. The Morgan fingerprint density at radius 2 is 2.12 bits per heavy atom. The SMILES string of the molecule is COC(=O)CC(=O)CC(NS(=O)C(C)(C)C)c1c(Cl)c(C)cc2c1cnn2C1CCCCO1. The normalized spacial score (nSPS) is 18.8. The van der Waals surface area contributed by atoms with Crippen LogP contribution in [0.15, 0.2) is 12.3 Å². The molecule has 2 aromatic rings. The van der Waals surface area contributed by atoms with E-state index in [4.69, 9.17) is 16.3 Å². The molecule has 0 spiro atoms. The number of nitrogens with one attached hydrogen (secondary N) is 1. The first kappa shape index (κ1) is 25.8. The van der Waals surface area contributed by atoms with Crippen molar-refractivity contribution < 1.29 is 23.3 Å². The van der Waals surface area contributed by atoms with Crippen molar-refractivity contribution in [2.45, 2.75) is 76.8 Å². The maximum Gasteiger partial charge on any atom is 0.313 e. The second-order valence-corrected chi connectivity index (χ2v) is 11.7. The number of aryl methyl sites for hydroxylation is 1. The van der Waals surface area contributed by atoms with Gasteiger partial charge in [0, 0.05) is 29.0 Å². The molecule has 1 saturated heterocycles. The summed E-state index contributed by atoms with van der Waals surface area (Å²) in [6.07, 6.45) is 4.06. The van der Waals surface area contributed by atoms with Crippen molar-refractivity contribution >= 4 is 45.2 Å². The quantitative estimate of drug-likeness (QED) is 0.431. The Labute approximate surface area is 201 Å². The first-order valence-corrected chi connectivity index (χ1v) is 12.6. The van der Waals surface area contributed by atoms with Crippen LogP contribution < -0.4 is 4.72 Å². The van der Waals surface area contributed by atoms with E-state index in [0.29, 0.717) is 17.2 Å². The highest BCUT2D eigenvalue weighted by atomic mass is 35.5. The van der Waals surface area contributed by atoms with Gasteiger partial charge < -0.3 is 9.47 Å². The van der Waals surface area contributed by atoms with Gasteiger partial charge in [-0.1, -0.05) is 11.6 Å². The monoisotopic (exact) mass is 497 g/mol. The van der Waals surface area contributed by atoms with Crippen LogP contribution in [-0.4, -0.2) is 44.2 Å². The third kappa shape index (κ3) is 6.01. The molecule has 2 heterocycles. The molecule has 1 aromatic heterocycles. The van der Waals surface area contributed by atoms with E-state index in [1.807, 2.05) is 38.4 Å². The molecule has 0 radical (unpaired) electrons. The predicted octanol–water partition coefficient (Wildman–Crippen LogP) is 4.31. The highest BCUT2D eigenvalue weighted by Crippen LogP contribution is 2.38. The van der Waals surface area contributed by atoms with Gasteiger partial charge in [-0.3, -0.25) is 9.59 Å². The minimum Gasteiger partial charge on any atom is -0.469 e. The van der Waals surface area contributed by atoms with Gasteiger partial charge in [-0.05, 0) is 58.6 Å². The predicted molar refractivity (Wildman–Crippen MR) is 128 cm³/mol. The second kappa shape index (κ2) is 10.6. The van der Waals surface area contributed by atoms with Crippen LogP contribution in [0.4, 0.5) is 0 Å². The summed E-state index contributed by atoms with van der Waals surface area (Å²) >= 11 is 6.77. The zero-order chi connectivity index (χ0) is 24.3. The molecule has 10 heteroatoms. The molecule has 3 unspecified atom stereocenters. The summed E-state index contributed by atoms with van der Waals surface area (Å²) in [7, 11) is -0.244. The van der Waals surface area contributed by atoms with Crippen molar-refractivity contribution in [3.8, 4) is 0 Å². The average molecular weight is 498 g/mol. The molecule has 3 rings (SSSR count). The van der Waals surface area contributed by atoms with E-state index in [9.17, 15) is 13.8 Å². The summed E-state index contributed by atoms with van der Waals surface area (Å²) in [6, 6.07) is 1.28. The molecule has 0 saturated carbocycles. The average Bonchev–Trinajstić information content (AvgIpc) is 3.17. The number of ketones is 1. The zero-order valence-electron chi connectivity index (χ0n) is 19.8. The summed E-state index contributed by atoms with van der Waals surface area (Å²) in [5.74, 6) is -0.947. The van der Waals surface area contributed by atoms with Crippen LogP contribution in [0.3, 0.4) is 0 Å². The number of nitrogens with zero attached hydrogens (tertiary/aromatic N) is 2. The molecule has 8 nitrogen and oxygen atoms in total. The Kier molecular flexibility index (Phi) is 8.31. The van der Waals surface area contributed by atoms with Gasteiger partial charge in [0.2, 0.25) is 0 Å². The number of halogens is 1. The second-order valence-electron chi connectivity index (χ2n) is 9.31. The number of carbonyl (C=O) groups is 2. The number of esters is 1. The van der Waals surface area contributed by atoms with Gasteiger partial charge in [0.15, 0.2) is 6.23 Å². The Morgan fingerprint density at radius 1 is 1.39 bits per heavy atom. The van der Waals surface area contributed by atoms with Gasteiger partial charge in [-0.2, -0.15) is 5.10 Å². The first-order chi connectivity index (χ1) is 15.5. The van der Waals surface area contributed by atoms with Crippen molar-refractivity contribution in [1.82, 2.24) is 14.5 Å². The third-order valence-corrected chi connectivity index (χ3v) is 7.76. The minimum absolute atomic E-state index is 0.0691. The molecule has 1 aliphatic heterocycles. The van der Waals surface area contributed by atoms with Gasteiger partial charge in [-0.15, -0.1) is 0 Å². The largest absolute Gasteiger partial charge is 0.469 e. The Bertz CT molecular complexity index is 1060. The Balaban J connectivity index is 2.08. The maximum atomic E-state index is 13.0. The number of carbonyl (C=O) groups excluding carboxylic acids is 2. The summed E-state index contributed by atoms with van der Waals surface area (Å²) in [6.45, 7) is 8.10. The first-order valence-electron chi connectivity index (χ1n) is 11.1. The van der Waals surface area contributed by atoms with E-state index in [-0.39, 0.29) is 24.9 Å². The molecule has 1 N–H and O–H groups in total. The molecule has 0 amide bonds. The number of hydrogen-bond acceptors (Lipinski definition) is 6. The lowest BCUT2D eigenvalue weighted by Gasteiger charge is -2.26. The van der Waals surface area contributed by atoms with Crippen LogP contribution in [0.5, 0.6) is 0 Å². The van der Waals surface area contributed by atoms with Crippen LogP contribution >= 0.6 is 11.6 Å². The fraction of sp³-hybridized carbons (Fsp3) is 0.609. The van der Waals surface area contributed by atoms with Gasteiger partial charge in [-0.25, -0.2) is 13.6 Å². The van der Waals surface area contributed by atoms with Crippen LogP contribution in [-0.2, 0) is 30.0 Å². The van der Waals surface area contributed by atoms with Crippen LogP contribution in [0.2, 0.25) is 5.02 Å². The lowest BCUT2D eigenvalue weighted by Crippen LogP contribution is -2.37. The lowest BCUT2D eigenvalue weighted by atomic mass is 9.96. The van der Waals surface area contributed by atoms with Gasteiger partial charge in [0.1, 0.15) is 12.2 Å². The van der Waals surface area contributed by atoms with Gasteiger partial charge in [0.25, 0.3) is 0 Å². The standard InChI is InChI=1S/C23H32ClN3O5S/c1-14-10-18-16(13-25-27(18)19-8-6-7-9-32-19)21(22(14)24)17(26-33(30)23(2,3)4)11-15(28)12-20(29)31-5/h10,13,17,19,26H,6-9,11-12H2,1-5H3. The number of benzene rings is 1. The van der Waals surface area contributed by atoms with Crippen LogP contribution in [0.25, 0.3) is 10.9 Å². The number of ether oxygens (including phenoxy) is 2. The molecule has 33 heavy (non-hydrogen) atoms. The number of Topliss-reactive ketones (excluding diaryl/α,β-unsaturated/α-hetero) is 1. The van der Waals surface area contributed by atoms with Crippen molar-refractivity contribution in [2.24, 2.45) is 0 Å². The van der Waals surface area contributed by atoms with Gasteiger partial charge >= 0.3 is 5.97 Å². The summed E-state index contributed by atoms with van der Waals surface area (Å²) in [5.41, 5.74) is 2.29. The van der Waals surface area contributed by atoms with E-state index < -0.39 is 27.7 Å². The van der Waals surface area contributed by atoms with Crippen molar-refractivity contribution in [2.75, 3.05) is 13.7 Å². The number of fused-ring (bicyclic) bond motifs is 1. The van der Waals surface area contributed by atoms with E-state index >= 15 is 0 Å². The molecule has 182 valence electrons. The molecular formula is C23H32ClN3O5S. The molecule has 0 aliphatic carbocycles. The van der Waals surface area contributed by atoms with Gasteiger partial charge in [0.05, 0.1) is 40.6 Å². The van der Waals surface area contributed by atoms with Crippen LogP contribution in [0.1, 0.15) is 76.3 Å². The molecule has 3 atom stereocenters. The number of aromatic nitrogens is 2. The number of hydrogen-bond donors (Lipinski definition) is 1. The highest BCUT2D eigenvalue weighted by molar-refractivity contribution is 7.84. The van der Waals surface area contributed by atoms with E-state index in [1.54, 1.807) is 6.20 Å². The molecular weight excluding hydrogens is 466 g/mol. The summed E-state index contributed by atoms with van der Waals surface area (Å²) in [5, 5.41) is 5.81. The topological polar surface area (TPSA) is 99.5 Å². The summed E-state index contributed by atoms with van der Waals surface area (Å²) < 4.78 is 27.9. The van der Waals surface area contributed by atoms with Crippen molar-refractivity contribution in [3.05, 3.63) is 28.4 Å². The summed E-state index contributed by atoms with van der Waals surface area (Å²) in [4.78, 5) is 24.3. The molecule has 1 aromatic carbocycles. The molecule has 1 fully saturated rings. The Hall–Kier alpha value is -1.81. The van der Waals surface area contributed by atoms with E-state index in [0.717, 1.165) is 35.7 Å². The van der Waals surface area contributed by atoms with Crippen molar-refractivity contribution in [3.63, 3.8) is 0 Å². The Morgan fingerprint density at radius 3 is 2.73 bits per heavy atom. The highest BCUT2D eigenvalue weighted by Gasteiger charge is 2.30. The molecule has 1 aliphatic rings. The third-order valence-electron chi connectivity index (χ3n) is 5.64. The smallest absolute Gasteiger partial charge is 0.313 e. The number of methoxy groups -OCH3 is 1. The lowest BCUT2D eigenvalue weighted by molar-refractivity contribution is -0.143. The fourth-order valence-electron chi connectivity index (χ4n) is 3.85.